The first kappa shape index (κ1) is 31.7. The maximum absolute atomic E-state index is 13.9. The smallest absolute Gasteiger partial charge is 0.347 e. The van der Waals surface area contributed by atoms with Crippen LogP contribution in [0.4, 0.5) is 22.0 Å². The zero-order valence-corrected chi connectivity index (χ0v) is 24.3. The highest BCUT2D eigenvalue weighted by Gasteiger charge is 2.36. The largest absolute Gasteiger partial charge is 0.417 e. The van der Waals surface area contributed by atoms with Gasteiger partial charge in [0.2, 0.25) is 0 Å². The Balaban J connectivity index is 1.35. The number of aromatic amines is 1. The van der Waals surface area contributed by atoms with Gasteiger partial charge in [-0.05, 0) is 57.3 Å². The molecular formula is C30H36F5N7O2. The summed E-state index contributed by atoms with van der Waals surface area (Å²) in [7, 11) is 0. The lowest BCUT2D eigenvalue weighted by atomic mass is 10.0. The van der Waals surface area contributed by atoms with Gasteiger partial charge in [0.25, 0.3) is 11.8 Å². The average Bonchev–Trinajstić information content (AvgIpc) is 3.74. The molecule has 9 nitrogen and oxygen atoms in total. The molecule has 2 aliphatic rings. The van der Waals surface area contributed by atoms with Crippen LogP contribution in [0, 0.1) is 0 Å². The van der Waals surface area contributed by atoms with Gasteiger partial charge < -0.3 is 5.32 Å². The molecule has 1 saturated carbocycles. The van der Waals surface area contributed by atoms with Gasteiger partial charge >= 0.3 is 6.18 Å². The summed E-state index contributed by atoms with van der Waals surface area (Å²) in [6.07, 6.45) is 0.942. The molecule has 2 aromatic heterocycles. The Kier molecular flexibility index (Phi) is 9.76. The van der Waals surface area contributed by atoms with Gasteiger partial charge in [-0.1, -0.05) is 31.0 Å². The standard InChI is InChI=1S/C30H36F5N7O2/c31-29(32)12-6-14-41(18-29)13-5-7-20(15-22(43)16-27-36-19-37-39-27)38-28(44)25-17-26(42(40-25)21-8-1-2-9-21)23-10-3-4-11-24(23)30(33,34)35/h3-4,10-11,17,19-21H,1-2,5-9,12-16,18H2,(H,38,44)(H,36,37,39)/t20-/m0/s1. The van der Waals surface area contributed by atoms with Crippen LogP contribution in [0.5, 0.6) is 0 Å². The molecule has 1 aliphatic carbocycles. The molecule has 0 unspecified atom stereocenters. The van der Waals surface area contributed by atoms with Crippen LogP contribution in [-0.2, 0) is 17.4 Å². The summed E-state index contributed by atoms with van der Waals surface area (Å²) in [4.78, 5) is 32.1. The number of rotatable bonds is 12. The fourth-order valence-electron chi connectivity index (χ4n) is 6.22. The molecule has 2 fully saturated rings. The molecule has 2 N–H and O–H groups in total. The highest BCUT2D eigenvalue weighted by atomic mass is 19.4. The SMILES string of the molecule is O=C(Cc1ncn[nH]1)C[C@H](CCCN1CCCC(F)(F)C1)NC(=O)c1cc(-c2ccccc2C(F)(F)F)n(C2CCCC2)n1. The fourth-order valence-corrected chi connectivity index (χ4v) is 6.22. The van der Waals surface area contributed by atoms with Gasteiger partial charge in [-0.3, -0.25) is 24.3 Å². The number of H-pyrrole nitrogens is 1. The van der Waals surface area contributed by atoms with Crippen molar-refractivity contribution in [2.45, 2.75) is 88.4 Å². The highest BCUT2D eigenvalue weighted by molar-refractivity contribution is 5.94. The van der Waals surface area contributed by atoms with Crippen molar-refractivity contribution in [1.29, 1.82) is 0 Å². The summed E-state index contributed by atoms with van der Waals surface area (Å²) in [6.45, 7) is 0.611. The van der Waals surface area contributed by atoms with Gasteiger partial charge in [0.1, 0.15) is 17.9 Å². The van der Waals surface area contributed by atoms with E-state index in [1.54, 1.807) is 4.90 Å². The van der Waals surface area contributed by atoms with Crippen LogP contribution in [0.1, 0.15) is 85.7 Å². The molecule has 14 heteroatoms. The van der Waals surface area contributed by atoms with Gasteiger partial charge in [-0.15, -0.1) is 0 Å². The molecule has 0 bridgehead atoms. The second-order valence-electron chi connectivity index (χ2n) is 11.7. The maximum atomic E-state index is 13.9. The molecule has 238 valence electrons. The van der Waals surface area contributed by atoms with Crippen LogP contribution in [-0.4, -0.2) is 73.2 Å². The zero-order valence-electron chi connectivity index (χ0n) is 24.3. The molecule has 3 aromatic rings. The monoisotopic (exact) mass is 621 g/mol. The van der Waals surface area contributed by atoms with E-state index in [1.165, 1.54) is 35.3 Å². The summed E-state index contributed by atoms with van der Waals surface area (Å²) in [6, 6.07) is 5.81. The Morgan fingerprint density at radius 1 is 1.14 bits per heavy atom. The Labute approximate surface area is 251 Å². The van der Waals surface area contributed by atoms with Crippen molar-refractivity contribution >= 4 is 11.7 Å². The number of ketones is 1. The molecule has 0 spiro atoms. The van der Waals surface area contributed by atoms with Crippen LogP contribution in [0.15, 0.2) is 36.7 Å². The topological polar surface area (TPSA) is 109 Å². The number of alkyl halides is 5. The van der Waals surface area contributed by atoms with E-state index in [4.69, 9.17) is 0 Å². The average molecular weight is 622 g/mol. The number of carbonyl (C=O) groups is 2. The van der Waals surface area contributed by atoms with E-state index < -0.39 is 29.6 Å². The van der Waals surface area contributed by atoms with Crippen molar-refractivity contribution in [3.63, 3.8) is 0 Å². The molecule has 44 heavy (non-hydrogen) atoms. The van der Waals surface area contributed by atoms with Crippen molar-refractivity contribution < 1.29 is 31.5 Å². The van der Waals surface area contributed by atoms with E-state index in [-0.39, 0.29) is 54.6 Å². The molecule has 3 heterocycles. The number of hydrogen-bond acceptors (Lipinski definition) is 6. The van der Waals surface area contributed by atoms with Crippen LogP contribution in [0.2, 0.25) is 0 Å². The third-order valence-electron chi connectivity index (χ3n) is 8.28. The minimum absolute atomic E-state index is 0.0284. The van der Waals surface area contributed by atoms with E-state index in [2.05, 4.69) is 25.6 Å². The second-order valence-corrected chi connectivity index (χ2v) is 11.7. The predicted molar refractivity (Wildman–Crippen MR) is 151 cm³/mol. The lowest BCUT2D eigenvalue weighted by Gasteiger charge is -2.32. The first-order valence-corrected chi connectivity index (χ1v) is 15.0. The number of likely N-dealkylation sites (tertiary alicyclic amines) is 1. The van der Waals surface area contributed by atoms with Gasteiger partial charge in [-0.2, -0.15) is 23.4 Å². The molecule has 1 atom stereocenters. The van der Waals surface area contributed by atoms with Crippen LogP contribution in [0.25, 0.3) is 11.3 Å². The van der Waals surface area contributed by atoms with Crippen molar-refractivity contribution in [3.8, 4) is 11.3 Å². The molecule has 1 amide bonds. The first-order chi connectivity index (χ1) is 21.0. The molecule has 1 aliphatic heterocycles. The third-order valence-corrected chi connectivity index (χ3v) is 8.28. The van der Waals surface area contributed by atoms with Crippen molar-refractivity contribution in [1.82, 2.24) is 35.2 Å². The van der Waals surface area contributed by atoms with Gasteiger partial charge in [0, 0.05) is 24.4 Å². The summed E-state index contributed by atoms with van der Waals surface area (Å²) in [5.41, 5.74) is -0.716. The number of amides is 1. The van der Waals surface area contributed by atoms with Gasteiger partial charge in [0.15, 0.2) is 5.69 Å². The number of carbonyl (C=O) groups excluding carboxylic acids is 2. The second kappa shape index (κ2) is 13.5. The normalized spacial score (nSPS) is 18.4. The lowest BCUT2D eigenvalue weighted by Crippen LogP contribution is -2.43. The molecule has 0 radical (unpaired) electrons. The van der Waals surface area contributed by atoms with Crippen molar-refractivity contribution in [2.75, 3.05) is 19.6 Å². The van der Waals surface area contributed by atoms with E-state index in [9.17, 15) is 31.5 Å². The summed E-state index contributed by atoms with van der Waals surface area (Å²) < 4.78 is 71.1. The molecule has 5 rings (SSSR count). The minimum atomic E-state index is -4.60. The Bertz CT molecular complexity index is 1420. The maximum Gasteiger partial charge on any atom is 0.417 e. The number of Topliss-reactive ketones (excluding diaryl/α,β-unsaturated/α-hetero) is 1. The van der Waals surface area contributed by atoms with Crippen LogP contribution >= 0.6 is 0 Å². The Morgan fingerprint density at radius 2 is 1.91 bits per heavy atom. The van der Waals surface area contributed by atoms with E-state index >= 15 is 0 Å². The van der Waals surface area contributed by atoms with Crippen LogP contribution < -0.4 is 5.32 Å². The van der Waals surface area contributed by atoms with E-state index in [1.807, 2.05) is 0 Å². The van der Waals surface area contributed by atoms with Gasteiger partial charge in [0.05, 0.1) is 30.3 Å². The van der Waals surface area contributed by atoms with Crippen molar-refractivity contribution in [3.05, 3.63) is 53.7 Å². The number of halogens is 5. The third kappa shape index (κ3) is 8.07. The molecular weight excluding hydrogens is 585 g/mol. The molecule has 1 saturated heterocycles. The fraction of sp³-hybridized carbons (Fsp3) is 0.567. The number of nitrogens with one attached hydrogen (secondary N) is 2. The summed E-state index contributed by atoms with van der Waals surface area (Å²) in [5.74, 6) is -3.19. The first-order valence-electron chi connectivity index (χ1n) is 15.0. The van der Waals surface area contributed by atoms with E-state index in [0.29, 0.717) is 38.2 Å². The predicted octanol–water partition coefficient (Wildman–Crippen LogP) is 5.61. The summed E-state index contributed by atoms with van der Waals surface area (Å²) >= 11 is 0. The van der Waals surface area contributed by atoms with Crippen molar-refractivity contribution in [2.24, 2.45) is 0 Å². The number of aromatic nitrogens is 5. The van der Waals surface area contributed by atoms with Gasteiger partial charge in [-0.25, -0.2) is 13.8 Å². The number of benzene rings is 1. The van der Waals surface area contributed by atoms with E-state index in [0.717, 1.165) is 31.7 Å². The summed E-state index contributed by atoms with van der Waals surface area (Å²) in [5, 5.41) is 13.7. The zero-order chi connectivity index (χ0) is 31.3. The highest BCUT2D eigenvalue weighted by Crippen LogP contribution is 2.40. The minimum Gasteiger partial charge on any atom is -0.347 e. The Morgan fingerprint density at radius 3 is 2.61 bits per heavy atom. The number of piperidine rings is 1. The number of nitrogens with zero attached hydrogens (tertiary/aromatic N) is 5. The quantitative estimate of drug-likeness (QED) is 0.255. The Hall–Kier alpha value is -3.68. The van der Waals surface area contributed by atoms with Crippen LogP contribution in [0.3, 0.4) is 0 Å². The molecule has 1 aromatic carbocycles. The number of hydrogen-bond donors (Lipinski definition) is 2. The lowest BCUT2D eigenvalue weighted by molar-refractivity contribution is -0.137.